The first-order chi connectivity index (χ1) is 10.6. The fraction of sp³-hybridized carbons (Fsp3) is 0.235. The van der Waals surface area contributed by atoms with Crippen LogP contribution in [-0.2, 0) is 0 Å². The zero-order valence-electron chi connectivity index (χ0n) is 12.5. The fourth-order valence-corrected chi connectivity index (χ4v) is 2.87. The second kappa shape index (κ2) is 5.15. The van der Waals surface area contributed by atoms with E-state index in [1.54, 1.807) is 12.1 Å². The number of anilines is 1. The first kappa shape index (κ1) is 14.1. The largest absolute Gasteiger partial charge is 0.377 e. The SMILES string of the molecule is [C-]#[N+]CCN1C(=O)c2cccc3c(N(C)C)ccc(c23)C1=O. The van der Waals surface area contributed by atoms with Crippen LogP contribution in [0.15, 0.2) is 30.3 Å². The van der Waals surface area contributed by atoms with E-state index in [0.717, 1.165) is 11.1 Å². The maximum atomic E-state index is 12.6. The summed E-state index contributed by atoms with van der Waals surface area (Å²) in [6, 6.07) is 9.15. The Bertz CT molecular complexity index is 811. The third-order valence-electron chi connectivity index (χ3n) is 3.89. The molecular weight excluding hydrogens is 278 g/mol. The van der Waals surface area contributed by atoms with Gasteiger partial charge < -0.3 is 9.74 Å². The van der Waals surface area contributed by atoms with E-state index in [-0.39, 0.29) is 24.9 Å². The number of hydrogen-bond donors (Lipinski definition) is 0. The molecule has 0 fully saturated rings. The molecule has 0 aromatic heterocycles. The highest BCUT2D eigenvalue weighted by Gasteiger charge is 2.33. The first-order valence-corrected chi connectivity index (χ1v) is 6.98. The predicted octanol–water partition coefficient (Wildman–Crippen LogP) is 2.42. The van der Waals surface area contributed by atoms with Gasteiger partial charge in [-0.1, -0.05) is 12.1 Å². The second-order valence-corrected chi connectivity index (χ2v) is 5.40. The molecule has 1 heterocycles. The van der Waals surface area contributed by atoms with Crippen LogP contribution in [0.5, 0.6) is 0 Å². The van der Waals surface area contributed by atoms with Gasteiger partial charge in [-0.25, -0.2) is 6.57 Å². The van der Waals surface area contributed by atoms with E-state index in [1.165, 1.54) is 4.90 Å². The number of nitrogens with zero attached hydrogens (tertiary/aromatic N) is 3. The summed E-state index contributed by atoms with van der Waals surface area (Å²) in [5.74, 6) is -0.634. The van der Waals surface area contributed by atoms with Crippen molar-refractivity contribution in [2.45, 2.75) is 0 Å². The number of rotatable bonds is 3. The van der Waals surface area contributed by atoms with E-state index in [0.29, 0.717) is 16.5 Å². The molecule has 2 aromatic rings. The van der Waals surface area contributed by atoms with Gasteiger partial charge in [0, 0.05) is 41.7 Å². The van der Waals surface area contributed by atoms with Crippen LogP contribution in [0.2, 0.25) is 0 Å². The van der Waals surface area contributed by atoms with E-state index < -0.39 is 0 Å². The van der Waals surface area contributed by atoms with Gasteiger partial charge in [0.25, 0.3) is 11.8 Å². The molecule has 0 radical (unpaired) electrons. The Hall–Kier alpha value is -2.87. The van der Waals surface area contributed by atoms with Crippen LogP contribution in [-0.4, -0.2) is 43.9 Å². The predicted molar refractivity (Wildman–Crippen MR) is 85.1 cm³/mol. The lowest BCUT2D eigenvalue weighted by Crippen LogP contribution is -2.41. The van der Waals surface area contributed by atoms with Gasteiger partial charge >= 0.3 is 0 Å². The summed E-state index contributed by atoms with van der Waals surface area (Å²) >= 11 is 0. The van der Waals surface area contributed by atoms with E-state index in [4.69, 9.17) is 6.57 Å². The van der Waals surface area contributed by atoms with Crippen LogP contribution in [0, 0.1) is 6.57 Å². The second-order valence-electron chi connectivity index (χ2n) is 5.40. The lowest BCUT2D eigenvalue weighted by Gasteiger charge is -2.27. The Morgan fingerprint density at radius 2 is 1.77 bits per heavy atom. The normalized spacial score (nSPS) is 13.4. The van der Waals surface area contributed by atoms with Crippen LogP contribution in [0.4, 0.5) is 5.69 Å². The van der Waals surface area contributed by atoms with Crippen LogP contribution in [0.3, 0.4) is 0 Å². The molecule has 2 aromatic carbocycles. The highest BCUT2D eigenvalue weighted by atomic mass is 16.2. The van der Waals surface area contributed by atoms with Gasteiger partial charge in [-0.2, -0.15) is 0 Å². The van der Waals surface area contributed by atoms with Crippen molar-refractivity contribution >= 4 is 28.3 Å². The maximum Gasteiger partial charge on any atom is 0.261 e. The van der Waals surface area contributed by atoms with Crippen molar-refractivity contribution in [3.8, 4) is 0 Å². The quantitative estimate of drug-likeness (QED) is 0.645. The number of amides is 2. The van der Waals surface area contributed by atoms with Crippen molar-refractivity contribution in [2.75, 3.05) is 32.1 Å². The van der Waals surface area contributed by atoms with E-state index in [9.17, 15) is 9.59 Å². The fourth-order valence-electron chi connectivity index (χ4n) is 2.87. The summed E-state index contributed by atoms with van der Waals surface area (Å²) in [5.41, 5.74) is 2.03. The maximum absolute atomic E-state index is 12.6. The van der Waals surface area contributed by atoms with Crippen molar-refractivity contribution < 1.29 is 9.59 Å². The Morgan fingerprint density at radius 3 is 2.41 bits per heavy atom. The summed E-state index contributed by atoms with van der Waals surface area (Å²) in [6.45, 7) is 7.11. The monoisotopic (exact) mass is 293 g/mol. The molecule has 0 atom stereocenters. The molecule has 5 heteroatoms. The molecule has 2 amide bonds. The molecule has 0 aliphatic carbocycles. The third-order valence-corrected chi connectivity index (χ3v) is 3.89. The van der Waals surface area contributed by atoms with Gasteiger partial charge in [0.1, 0.15) is 6.54 Å². The molecule has 1 aliphatic rings. The van der Waals surface area contributed by atoms with Crippen molar-refractivity contribution in [3.05, 3.63) is 52.9 Å². The molecule has 0 N–H and O–H groups in total. The average molecular weight is 293 g/mol. The highest BCUT2D eigenvalue weighted by molar-refractivity contribution is 6.26. The minimum atomic E-state index is -0.317. The van der Waals surface area contributed by atoms with Gasteiger partial charge in [-0.05, 0) is 18.2 Å². The Balaban J connectivity index is 2.26. The summed E-state index contributed by atoms with van der Waals surface area (Å²) in [6.07, 6.45) is 0. The molecular formula is C17H15N3O2. The topological polar surface area (TPSA) is 45.0 Å². The highest BCUT2D eigenvalue weighted by Crippen LogP contribution is 2.35. The molecule has 0 saturated carbocycles. The van der Waals surface area contributed by atoms with Crippen molar-refractivity contribution in [1.82, 2.24) is 4.90 Å². The lowest BCUT2D eigenvalue weighted by molar-refractivity contribution is 0.0618. The Labute approximate surface area is 128 Å². The van der Waals surface area contributed by atoms with Crippen molar-refractivity contribution in [2.24, 2.45) is 0 Å². The number of imide groups is 1. The van der Waals surface area contributed by atoms with Gasteiger partial charge in [-0.15, -0.1) is 0 Å². The summed E-state index contributed by atoms with van der Waals surface area (Å²) < 4.78 is 0. The smallest absolute Gasteiger partial charge is 0.261 e. The number of hydrogen-bond acceptors (Lipinski definition) is 3. The number of carbonyl (C=O) groups excluding carboxylic acids is 2. The molecule has 3 rings (SSSR count). The van der Waals surface area contributed by atoms with E-state index in [2.05, 4.69) is 4.85 Å². The summed E-state index contributed by atoms with van der Waals surface area (Å²) in [7, 11) is 3.86. The number of benzene rings is 2. The Morgan fingerprint density at radius 1 is 1.09 bits per heavy atom. The zero-order valence-corrected chi connectivity index (χ0v) is 12.5. The molecule has 22 heavy (non-hydrogen) atoms. The van der Waals surface area contributed by atoms with Crippen molar-refractivity contribution in [3.63, 3.8) is 0 Å². The number of carbonyl (C=O) groups is 2. The molecule has 110 valence electrons. The molecule has 1 aliphatic heterocycles. The van der Waals surface area contributed by atoms with E-state index in [1.807, 2.05) is 37.2 Å². The van der Waals surface area contributed by atoms with Gasteiger partial charge in [-0.3, -0.25) is 14.5 Å². The molecule has 0 unspecified atom stereocenters. The van der Waals surface area contributed by atoms with Crippen LogP contribution >= 0.6 is 0 Å². The van der Waals surface area contributed by atoms with Gasteiger partial charge in [0.2, 0.25) is 6.54 Å². The molecule has 5 nitrogen and oxygen atoms in total. The average Bonchev–Trinajstić information content (AvgIpc) is 2.51. The van der Waals surface area contributed by atoms with Crippen LogP contribution in [0.1, 0.15) is 20.7 Å². The van der Waals surface area contributed by atoms with Crippen molar-refractivity contribution in [1.29, 1.82) is 0 Å². The zero-order chi connectivity index (χ0) is 15.9. The minimum absolute atomic E-state index is 0.124. The molecule has 0 spiro atoms. The standard InChI is InChI=1S/C17H15N3O2/c1-18-9-10-20-16(21)12-6-4-5-11-14(19(2)3)8-7-13(15(11)12)17(20)22/h4-8H,9-10H2,2-3H3. The summed E-state index contributed by atoms with van der Waals surface area (Å²) in [4.78, 5) is 31.5. The lowest BCUT2D eigenvalue weighted by atomic mass is 9.93. The Kier molecular flexibility index (Phi) is 3.30. The molecule has 0 saturated heterocycles. The van der Waals surface area contributed by atoms with Gasteiger partial charge in [0.15, 0.2) is 0 Å². The minimum Gasteiger partial charge on any atom is -0.377 e. The first-order valence-electron chi connectivity index (χ1n) is 6.98. The van der Waals surface area contributed by atoms with E-state index >= 15 is 0 Å². The molecule has 0 bridgehead atoms. The summed E-state index contributed by atoms with van der Waals surface area (Å²) in [5, 5.41) is 1.61. The van der Waals surface area contributed by atoms with Crippen LogP contribution in [0.25, 0.3) is 15.6 Å². The van der Waals surface area contributed by atoms with Crippen LogP contribution < -0.4 is 4.90 Å². The van der Waals surface area contributed by atoms with Gasteiger partial charge in [0.05, 0.1) is 0 Å². The third kappa shape index (κ3) is 1.92.